The molecule has 1 aromatic rings. The van der Waals surface area contributed by atoms with E-state index in [0.29, 0.717) is 17.1 Å². The van der Waals surface area contributed by atoms with Gasteiger partial charge in [-0.1, -0.05) is 11.6 Å². The number of aromatic nitrogens is 1. The second-order valence-corrected chi connectivity index (χ2v) is 6.83. The monoisotopic (exact) mass is 344 g/mol. The van der Waals surface area contributed by atoms with Crippen molar-refractivity contribution >= 4 is 12.6 Å². The van der Waals surface area contributed by atoms with Gasteiger partial charge in [0.2, 0.25) is 5.95 Å². The largest absolute Gasteiger partial charge is 0.365 e. The molecule has 1 saturated carbocycles. The van der Waals surface area contributed by atoms with Crippen molar-refractivity contribution in [1.82, 2.24) is 15.6 Å². The molecule has 5 nitrogen and oxygen atoms in total. The van der Waals surface area contributed by atoms with Crippen LogP contribution >= 0.6 is 0 Å². The molecule has 1 aromatic heterocycles. The normalized spacial score (nSPS) is 15.7. The number of aliphatic imine (C=N–C) groups is 1. The average molecular weight is 344 g/mol. The van der Waals surface area contributed by atoms with Gasteiger partial charge in [-0.2, -0.15) is 4.39 Å². The van der Waals surface area contributed by atoms with Gasteiger partial charge in [-0.25, -0.2) is 9.98 Å². The number of carbonyl (C=O) groups excluding carboxylic acids is 1. The van der Waals surface area contributed by atoms with E-state index >= 15 is 0 Å². The van der Waals surface area contributed by atoms with Crippen LogP contribution < -0.4 is 10.6 Å². The average Bonchev–Trinajstić information content (AvgIpc) is 3.28. The maximum Gasteiger partial charge on any atom is 0.251 e. The predicted octanol–water partition coefficient (Wildman–Crippen LogP) is 3.25. The Balaban J connectivity index is 2.17. The highest BCUT2D eigenvalue weighted by Gasteiger charge is 2.38. The van der Waals surface area contributed by atoms with Gasteiger partial charge in [-0.05, 0) is 59.4 Å². The SMILES string of the molecule is C=N/C(NC1(C)CC1)=C(\C)C(C(=O)NCc1cccc(F)n1)=C(C)C. The number of amides is 1. The number of rotatable bonds is 7. The molecule has 1 fully saturated rings. The smallest absolute Gasteiger partial charge is 0.251 e. The summed E-state index contributed by atoms with van der Waals surface area (Å²) in [7, 11) is 0. The second kappa shape index (κ2) is 7.59. The summed E-state index contributed by atoms with van der Waals surface area (Å²) in [6.07, 6.45) is 2.14. The third-order valence-corrected chi connectivity index (χ3v) is 4.24. The molecule has 0 aromatic carbocycles. The number of nitrogens with one attached hydrogen (secondary N) is 2. The molecular weight excluding hydrogens is 319 g/mol. The Morgan fingerprint density at radius 2 is 2.04 bits per heavy atom. The molecule has 0 unspecified atom stereocenters. The topological polar surface area (TPSA) is 66.4 Å². The molecule has 0 bridgehead atoms. The van der Waals surface area contributed by atoms with Crippen LogP contribution in [0, 0.1) is 5.95 Å². The van der Waals surface area contributed by atoms with Crippen molar-refractivity contribution in [3.05, 3.63) is 52.4 Å². The zero-order valence-corrected chi connectivity index (χ0v) is 15.2. The molecule has 0 spiro atoms. The van der Waals surface area contributed by atoms with Gasteiger partial charge < -0.3 is 10.6 Å². The lowest BCUT2D eigenvalue weighted by atomic mass is 10.0. The summed E-state index contributed by atoms with van der Waals surface area (Å²) in [5, 5.41) is 6.16. The fourth-order valence-corrected chi connectivity index (χ4v) is 2.55. The van der Waals surface area contributed by atoms with Gasteiger partial charge in [0.25, 0.3) is 5.91 Å². The number of allylic oxidation sites excluding steroid dienone is 1. The molecule has 0 aliphatic heterocycles. The first kappa shape index (κ1) is 18.8. The van der Waals surface area contributed by atoms with Crippen LogP contribution in [0.2, 0.25) is 0 Å². The lowest BCUT2D eigenvalue weighted by Gasteiger charge is -2.18. The Bertz CT molecular complexity index is 744. The number of carbonyl (C=O) groups is 1. The molecule has 2 rings (SSSR count). The van der Waals surface area contributed by atoms with Crippen LogP contribution in [-0.2, 0) is 11.3 Å². The van der Waals surface area contributed by atoms with Gasteiger partial charge in [0.15, 0.2) is 0 Å². The van der Waals surface area contributed by atoms with Crippen LogP contribution in [0.1, 0.15) is 46.2 Å². The van der Waals surface area contributed by atoms with Gasteiger partial charge in [0.1, 0.15) is 5.82 Å². The molecule has 2 N–H and O–H groups in total. The van der Waals surface area contributed by atoms with E-state index in [1.54, 1.807) is 12.1 Å². The van der Waals surface area contributed by atoms with Gasteiger partial charge >= 0.3 is 0 Å². The van der Waals surface area contributed by atoms with Crippen molar-refractivity contribution in [2.75, 3.05) is 0 Å². The fourth-order valence-electron chi connectivity index (χ4n) is 2.55. The van der Waals surface area contributed by atoms with Gasteiger partial charge in [-0.15, -0.1) is 0 Å². The third kappa shape index (κ3) is 4.98. The minimum atomic E-state index is -0.565. The van der Waals surface area contributed by atoms with Crippen molar-refractivity contribution in [3.63, 3.8) is 0 Å². The van der Waals surface area contributed by atoms with E-state index in [1.165, 1.54) is 6.07 Å². The summed E-state index contributed by atoms with van der Waals surface area (Å²) in [5.41, 5.74) is 2.66. The zero-order chi connectivity index (χ0) is 18.6. The lowest BCUT2D eigenvalue weighted by Crippen LogP contribution is -2.30. The van der Waals surface area contributed by atoms with Crippen molar-refractivity contribution in [2.45, 2.75) is 52.6 Å². The van der Waals surface area contributed by atoms with E-state index in [9.17, 15) is 9.18 Å². The Hall–Kier alpha value is -2.50. The maximum absolute atomic E-state index is 13.2. The Kier molecular flexibility index (Phi) is 5.72. The van der Waals surface area contributed by atoms with Crippen molar-refractivity contribution in [1.29, 1.82) is 0 Å². The van der Waals surface area contributed by atoms with E-state index in [-0.39, 0.29) is 18.0 Å². The molecule has 1 aliphatic rings. The number of pyridine rings is 1. The van der Waals surface area contributed by atoms with Crippen LogP contribution in [0.5, 0.6) is 0 Å². The summed E-state index contributed by atoms with van der Waals surface area (Å²) in [4.78, 5) is 20.5. The minimum absolute atomic E-state index is 0.0342. The van der Waals surface area contributed by atoms with Gasteiger partial charge in [-0.3, -0.25) is 4.79 Å². The molecule has 6 heteroatoms. The first-order valence-electron chi connectivity index (χ1n) is 8.29. The summed E-state index contributed by atoms with van der Waals surface area (Å²) in [5.74, 6) is -0.187. The van der Waals surface area contributed by atoms with Crippen LogP contribution in [0.3, 0.4) is 0 Å². The Labute approximate surface area is 148 Å². The fraction of sp³-hybridized carbons (Fsp3) is 0.421. The van der Waals surface area contributed by atoms with Crippen LogP contribution in [-0.4, -0.2) is 23.1 Å². The van der Waals surface area contributed by atoms with Crippen LogP contribution in [0.25, 0.3) is 0 Å². The molecule has 0 atom stereocenters. The quantitative estimate of drug-likeness (QED) is 0.345. The predicted molar refractivity (Wildman–Crippen MR) is 97.4 cm³/mol. The second-order valence-electron chi connectivity index (χ2n) is 6.83. The van der Waals surface area contributed by atoms with E-state index in [4.69, 9.17) is 0 Å². The molecule has 134 valence electrons. The molecule has 25 heavy (non-hydrogen) atoms. The number of halogens is 1. The summed E-state index contributed by atoms with van der Waals surface area (Å²) >= 11 is 0. The van der Waals surface area contributed by atoms with Crippen molar-refractivity contribution in [2.24, 2.45) is 4.99 Å². The van der Waals surface area contributed by atoms with Gasteiger partial charge in [0.05, 0.1) is 12.2 Å². The van der Waals surface area contributed by atoms with Crippen LogP contribution in [0.4, 0.5) is 4.39 Å². The Morgan fingerprint density at radius 3 is 2.56 bits per heavy atom. The highest BCUT2D eigenvalue weighted by atomic mass is 19.1. The van der Waals surface area contributed by atoms with Crippen molar-refractivity contribution < 1.29 is 9.18 Å². The highest BCUT2D eigenvalue weighted by molar-refractivity contribution is 5.98. The van der Waals surface area contributed by atoms with E-state index < -0.39 is 5.95 Å². The molecule has 1 heterocycles. The zero-order valence-electron chi connectivity index (χ0n) is 15.2. The first-order chi connectivity index (χ1) is 11.8. The maximum atomic E-state index is 13.2. The van der Waals surface area contributed by atoms with E-state index in [0.717, 1.165) is 24.0 Å². The van der Waals surface area contributed by atoms with Gasteiger partial charge in [0, 0.05) is 16.7 Å². The lowest BCUT2D eigenvalue weighted by molar-refractivity contribution is -0.117. The van der Waals surface area contributed by atoms with E-state index in [2.05, 4.69) is 34.3 Å². The molecule has 0 radical (unpaired) electrons. The summed E-state index contributed by atoms with van der Waals surface area (Å²) in [6, 6.07) is 4.50. The first-order valence-corrected chi connectivity index (χ1v) is 8.29. The highest BCUT2D eigenvalue weighted by Crippen LogP contribution is 2.36. The van der Waals surface area contributed by atoms with E-state index in [1.807, 2.05) is 20.8 Å². The molecule has 1 amide bonds. The standard InChI is InChI=1S/C19H25FN4O/c1-12(2)16(13(3)17(21-5)24-19(4)9-10-19)18(25)22-11-14-7-6-8-15(20)23-14/h6-8,24H,5,9-11H2,1-4H3,(H,22,25)/b17-13-. The number of nitrogens with zero attached hydrogens (tertiary/aromatic N) is 2. The van der Waals surface area contributed by atoms with Crippen molar-refractivity contribution in [3.8, 4) is 0 Å². The number of hydrogen-bond donors (Lipinski definition) is 2. The number of hydrogen-bond acceptors (Lipinski definition) is 4. The Morgan fingerprint density at radius 1 is 1.36 bits per heavy atom. The molecule has 0 saturated heterocycles. The molecule has 1 aliphatic carbocycles. The summed E-state index contributed by atoms with van der Waals surface area (Å²) < 4.78 is 13.2. The van der Waals surface area contributed by atoms with Crippen LogP contribution in [0.15, 0.2) is 45.7 Å². The third-order valence-electron chi connectivity index (χ3n) is 4.24. The molecular formula is C19H25FN4O. The minimum Gasteiger partial charge on any atom is -0.365 e. The summed E-state index contributed by atoms with van der Waals surface area (Å²) in [6.45, 7) is 11.5.